The molecule has 0 spiro atoms. The summed E-state index contributed by atoms with van der Waals surface area (Å²) >= 11 is 0. The van der Waals surface area contributed by atoms with E-state index in [4.69, 9.17) is 18.5 Å². The molecule has 0 N–H and O–H groups in total. The number of likely N-dealkylation sites (N-methyl/N-ethyl adjacent to an activating group) is 1. The van der Waals surface area contributed by atoms with Gasteiger partial charge in [0.05, 0.1) is 27.7 Å². The molecule has 0 aromatic carbocycles. The molecule has 0 saturated heterocycles. The number of hydrogen-bond acceptors (Lipinski definition) is 8. The fourth-order valence-electron chi connectivity index (χ4n) is 6.93. The summed E-state index contributed by atoms with van der Waals surface area (Å²) < 4.78 is 33.9. The molecule has 372 valence electrons. The molecule has 0 bridgehead atoms. The minimum atomic E-state index is -4.65. The molecule has 0 saturated carbocycles. The number of phosphoric ester groups is 1. The maximum atomic E-state index is 12.7. The Morgan fingerprint density at radius 1 is 0.484 bits per heavy atom. The molecule has 0 amide bonds. The van der Waals surface area contributed by atoms with Gasteiger partial charge in [-0.3, -0.25) is 14.2 Å². The van der Waals surface area contributed by atoms with Gasteiger partial charge < -0.3 is 27.9 Å². The lowest BCUT2D eigenvalue weighted by molar-refractivity contribution is -0.870. The highest BCUT2D eigenvalue weighted by Crippen LogP contribution is 2.38. The van der Waals surface area contributed by atoms with E-state index in [1.54, 1.807) is 0 Å². The van der Waals surface area contributed by atoms with Gasteiger partial charge in [-0.05, 0) is 77.0 Å². The van der Waals surface area contributed by atoms with Crippen molar-refractivity contribution in [3.8, 4) is 0 Å². The van der Waals surface area contributed by atoms with Gasteiger partial charge in [-0.25, -0.2) is 0 Å². The molecule has 0 heterocycles. The van der Waals surface area contributed by atoms with Crippen molar-refractivity contribution in [1.82, 2.24) is 0 Å². The first-order valence-corrected chi connectivity index (χ1v) is 27.5. The van der Waals surface area contributed by atoms with Crippen molar-refractivity contribution >= 4 is 19.8 Å². The Kier molecular flexibility index (Phi) is 44.2. The van der Waals surface area contributed by atoms with Crippen molar-refractivity contribution in [3.63, 3.8) is 0 Å². The molecule has 0 rings (SSSR count). The lowest BCUT2D eigenvalue weighted by atomic mass is 10.0. The minimum Gasteiger partial charge on any atom is -0.756 e. The molecule has 0 aromatic heterocycles. The van der Waals surface area contributed by atoms with Gasteiger partial charge in [0.25, 0.3) is 7.82 Å². The molecule has 0 fully saturated rings. The number of nitrogens with zero attached hydrogens (tertiary/aromatic N) is 1. The van der Waals surface area contributed by atoms with Crippen LogP contribution in [0, 0.1) is 0 Å². The number of rotatable bonds is 47. The lowest BCUT2D eigenvalue weighted by Crippen LogP contribution is -2.37. The van der Waals surface area contributed by atoms with Crippen LogP contribution in [0.25, 0.3) is 0 Å². The topological polar surface area (TPSA) is 111 Å². The second-order valence-corrected chi connectivity index (χ2v) is 19.9. The summed E-state index contributed by atoms with van der Waals surface area (Å²) in [6.45, 7) is 4.14. The SMILES string of the molecule is CCCCCCCC/C=C/C/C=C/C/C=C/CCCC(=O)OC[C@H](COP(=O)([O-])OCC[N+](C)(C)C)OC(=O)CCC/C=C/CC/C=C/CCCCCCCCCCCCCCCC. The van der Waals surface area contributed by atoms with Gasteiger partial charge in [-0.2, -0.15) is 0 Å². The number of esters is 2. The van der Waals surface area contributed by atoms with E-state index < -0.39 is 32.5 Å². The molecular weight excluding hydrogens is 822 g/mol. The van der Waals surface area contributed by atoms with Crippen molar-refractivity contribution in [3.05, 3.63) is 60.8 Å². The Bertz CT molecular complexity index is 1270. The van der Waals surface area contributed by atoms with Crippen molar-refractivity contribution < 1.29 is 42.1 Å². The van der Waals surface area contributed by atoms with Crippen molar-refractivity contribution in [2.24, 2.45) is 0 Å². The van der Waals surface area contributed by atoms with Crippen LogP contribution < -0.4 is 4.89 Å². The molecular formula is C54H98NO8P. The number of ether oxygens (including phenoxy) is 2. The van der Waals surface area contributed by atoms with Crippen molar-refractivity contribution in [2.45, 2.75) is 225 Å². The van der Waals surface area contributed by atoms with E-state index in [1.807, 2.05) is 21.1 Å². The van der Waals surface area contributed by atoms with Gasteiger partial charge in [0.2, 0.25) is 0 Å². The maximum absolute atomic E-state index is 12.7. The van der Waals surface area contributed by atoms with Crippen LogP contribution in [0.4, 0.5) is 0 Å². The van der Waals surface area contributed by atoms with Crippen LogP contribution >= 0.6 is 7.82 Å². The van der Waals surface area contributed by atoms with E-state index in [0.717, 1.165) is 51.4 Å². The van der Waals surface area contributed by atoms with Crippen LogP contribution in [-0.2, 0) is 32.7 Å². The molecule has 9 nitrogen and oxygen atoms in total. The summed E-state index contributed by atoms with van der Waals surface area (Å²) in [5.74, 6) is -0.944. The smallest absolute Gasteiger partial charge is 0.306 e. The van der Waals surface area contributed by atoms with Crippen LogP contribution in [0.2, 0.25) is 0 Å². The highest BCUT2D eigenvalue weighted by atomic mass is 31.2. The first-order chi connectivity index (χ1) is 31.0. The van der Waals surface area contributed by atoms with E-state index >= 15 is 0 Å². The van der Waals surface area contributed by atoms with E-state index in [9.17, 15) is 19.0 Å². The Morgan fingerprint density at radius 2 is 0.859 bits per heavy atom. The molecule has 0 aliphatic rings. The predicted molar refractivity (Wildman–Crippen MR) is 268 cm³/mol. The fraction of sp³-hybridized carbons (Fsp3) is 0.778. The fourth-order valence-corrected chi connectivity index (χ4v) is 7.66. The third-order valence-electron chi connectivity index (χ3n) is 11.0. The number of allylic oxidation sites excluding steroid dienone is 10. The van der Waals surface area contributed by atoms with Gasteiger partial charge in [-0.1, -0.05) is 190 Å². The van der Waals surface area contributed by atoms with Crippen molar-refractivity contribution in [1.29, 1.82) is 0 Å². The first kappa shape index (κ1) is 61.7. The van der Waals surface area contributed by atoms with Gasteiger partial charge in [0, 0.05) is 12.8 Å². The highest BCUT2D eigenvalue weighted by Gasteiger charge is 2.21. The second kappa shape index (κ2) is 45.8. The largest absolute Gasteiger partial charge is 0.756 e. The standard InChI is InChI=1S/C54H98NO8P/c1-6-8-10-12-14-16-18-20-22-24-25-26-27-28-29-31-33-35-37-39-41-43-45-47-54(57)63-52(51-62-64(58,59)61-49-48-55(3,4)5)50-60-53(56)46-44-42-40-38-36-34-32-30-23-21-19-17-15-13-11-9-7-2/h21,23,31-34,38-41,52H,6-20,22,24-30,35-37,42-51H2,1-5H3/b23-21+,33-31+,34-32+,40-38+,41-39+/t52-/m1/s1. The lowest BCUT2D eigenvalue weighted by Gasteiger charge is -2.28. The molecule has 0 radical (unpaired) electrons. The van der Waals surface area contributed by atoms with E-state index in [0.29, 0.717) is 23.9 Å². The van der Waals surface area contributed by atoms with Gasteiger partial charge >= 0.3 is 11.9 Å². The van der Waals surface area contributed by atoms with Crippen molar-refractivity contribution in [2.75, 3.05) is 47.5 Å². The van der Waals surface area contributed by atoms with Crippen LogP contribution in [0.15, 0.2) is 60.8 Å². The van der Waals surface area contributed by atoms with Gasteiger partial charge in [-0.15, -0.1) is 0 Å². The number of quaternary nitrogens is 1. The second-order valence-electron chi connectivity index (χ2n) is 18.5. The molecule has 10 heteroatoms. The van der Waals surface area contributed by atoms with Crippen LogP contribution in [0.5, 0.6) is 0 Å². The van der Waals surface area contributed by atoms with Gasteiger partial charge in [0.1, 0.15) is 19.8 Å². The van der Waals surface area contributed by atoms with Crippen LogP contribution in [0.1, 0.15) is 219 Å². The number of carbonyl (C=O) groups excluding carboxylic acids is 2. The summed E-state index contributed by atoms with van der Waals surface area (Å²) in [5, 5.41) is 0. The molecule has 0 aromatic rings. The average Bonchev–Trinajstić information content (AvgIpc) is 3.25. The highest BCUT2D eigenvalue weighted by molar-refractivity contribution is 7.45. The quantitative estimate of drug-likeness (QED) is 0.0195. The molecule has 64 heavy (non-hydrogen) atoms. The Labute approximate surface area is 394 Å². The zero-order valence-electron chi connectivity index (χ0n) is 42.0. The molecule has 2 atom stereocenters. The summed E-state index contributed by atoms with van der Waals surface area (Å²) in [5.41, 5.74) is 0. The Morgan fingerprint density at radius 3 is 1.31 bits per heavy atom. The minimum absolute atomic E-state index is 0.0471. The summed E-state index contributed by atoms with van der Waals surface area (Å²) in [6.07, 6.45) is 57.1. The maximum Gasteiger partial charge on any atom is 0.306 e. The number of carbonyl (C=O) groups is 2. The van der Waals surface area contributed by atoms with Crippen LogP contribution in [0.3, 0.4) is 0 Å². The summed E-state index contributed by atoms with van der Waals surface area (Å²) in [4.78, 5) is 37.7. The zero-order chi connectivity index (χ0) is 47.1. The number of hydrogen-bond donors (Lipinski definition) is 0. The average molecular weight is 920 g/mol. The molecule has 0 aliphatic carbocycles. The third-order valence-corrected chi connectivity index (χ3v) is 12.0. The van der Waals surface area contributed by atoms with Gasteiger partial charge in [0.15, 0.2) is 6.10 Å². The van der Waals surface area contributed by atoms with Crippen LogP contribution in [-0.4, -0.2) is 70.0 Å². The van der Waals surface area contributed by atoms with E-state index in [2.05, 4.69) is 74.6 Å². The number of phosphoric acid groups is 1. The first-order valence-electron chi connectivity index (χ1n) is 26.0. The predicted octanol–water partition coefficient (Wildman–Crippen LogP) is 15.0. The number of unbranched alkanes of at least 4 members (excludes halogenated alkanes) is 23. The van der Waals surface area contributed by atoms with E-state index in [-0.39, 0.29) is 26.1 Å². The molecule has 1 unspecified atom stereocenters. The monoisotopic (exact) mass is 920 g/mol. The van der Waals surface area contributed by atoms with E-state index in [1.165, 1.54) is 128 Å². The zero-order valence-corrected chi connectivity index (χ0v) is 42.9. The summed E-state index contributed by atoms with van der Waals surface area (Å²) in [6, 6.07) is 0. The Hall–Kier alpha value is -2.29. The Balaban J connectivity index is 4.36. The molecule has 0 aliphatic heterocycles. The normalized spacial score (nSPS) is 13.9. The third kappa shape index (κ3) is 49.2. The summed E-state index contributed by atoms with van der Waals surface area (Å²) in [7, 11) is 1.11.